The Morgan fingerprint density at radius 3 is 2.61 bits per heavy atom. The molecule has 102 valence electrons. The molecule has 18 heavy (non-hydrogen) atoms. The molecule has 4 nitrogen and oxygen atoms in total. The fraction of sp³-hybridized carbons (Fsp3) is 0.786. The van der Waals surface area contributed by atoms with Crippen molar-refractivity contribution in [3.8, 4) is 0 Å². The zero-order valence-electron chi connectivity index (χ0n) is 11.6. The van der Waals surface area contributed by atoms with E-state index in [1.165, 1.54) is 38.5 Å². The third-order valence-corrected chi connectivity index (χ3v) is 3.98. The predicted octanol–water partition coefficient (Wildman–Crippen LogP) is 2.58. The van der Waals surface area contributed by atoms with Crippen molar-refractivity contribution in [1.82, 2.24) is 14.9 Å². The minimum Gasteiger partial charge on any atom is -0.377 e. The van der Waals surface area contributed by atoms with E-state index in [0.717, 1.165) is 18.9 Å². The van der Waals surface area contributed by atoms with Crippen molar-refractivity contribution in [1.29, 1.82) is 0 Å². The lowest BCUT2D eigenvalue weighted by atomic mass is 9.93. The Labute approximate surface area is 110 Å². The lowest BCUT2D eigenvalue weighted by molar-refractivity contribution is -0.0449. The minimum atomic E-state index is 0.0534. The Morgan fingerprint density at radius 2 is 2.06 bits per heavy atom. The number of aromatic nitrogens is 2. The van der Waals surface area contributed by atoms with Crippen molar-refractivity contribution in [2.45, 2.75) is 50.7 Å². The van der Waals surface area contributed by atoms with Gasteiger partial charge in [-0.05, 0) is 19.9 Å². The zero-order chi connectivity index (χ0) is 12.8. The van der Waals surface area contributed by atoms with Gasteiger partial charge in [-0.25, -0.2) is 4.98 Å². The minimum absolute atomic E-state index is 0.0534. The highest BCUT2D eigenvalue weighted by Crippen LogP contribution is 2.30. The molecular formula is C14H25N3O. The molecule has 1 aliphatic rings. The van der Waals surface area contributed by atoms with Crippen LogP contribution in [0.15, 0.2) is 12.4 Å². The highest BCUT2D eigenvalue weighted by Gasteiger charge is 2.31. The first kappa shape index (κ1) is 13.6. The number of aromatic amines is 1. The second-order valence-corrected chi connectivity index (χ2v) is 5.51. The van der Waals surface area contributed by atoms with Crippen molar-refractivity contribution in [2.75, 3.05) is 20.7 Å². The molecule has 1 aromatic heterocycles. The normalized spacial score (nSPS) is 19.9. The Hall–Kier alpha value is -0.870. The van der Waals surface area contributed by atoms with Gasteiger partial charge in [-0.15, -0.1) is 0 Å². The number of H-pyrrole nitrogens is 1. The van der Waals surface area contributed by atoms with E-state index in [2.05, 4.69) is 21.9 Å². The molecule has 0 aromatic carbocycles. The number of nitrogens with zero attached hydrogens (tertiary/aromatic N) is 2. The molecule has 0 bridgehead atoms. The third kappa shape index (κ3) is 3.56. The Kier molecular flexibility index (Phi) is 4.78. The molecule has 4 heteroatoms. The van der Waals surface area contributed by atoms with Gasteiger partial charge in [0.2, 0.25) is 0 Å². The van der Waals surface area contributed by atoms with Gasteiger partial charge in [0.05, 0.1) is 12.1 Å². The van der Waals surface area contributed by atoms with Crippen molar-refractivity contribution in [3.63, 3.8) is 0 Å². The van der Waals surface area contributed by atoms with Crippen LogP contribution >= 0.6 is 0 Å². The van der Waals surface area contributed by atoms with E-state index in [-0.39, 0.29) is 5.60 Å². The summed E-state index contributed by atoms with van der Waals surface area (Å²) in [7, 11) is 4.01. The summed E-state index contributed by atoms with van der Waals surface area (Å²) in [4.78, 5) is 9.75. The number of nitrogens with one attached hydrogen (secondary N) is 1. The summed E-state index contributed by atoms with van der Waals surface area (Å²) >= 11 is 0. The maximum Gasteiger partial charge on any atom is 0.120 e. The number of methoxy groups -OCH3 is 1. The highest BCUT2D eigenvalue weighted by molar-refractivity contribution is 4.90. The molecule has 1 saturated carbocycles. The standard InChI is InChI=1S/C14H25N3O/c1-17(11-13-15-9-10-16-13)12-14(18-2)7-5-3-4-6-8-14/h9-10H,3-8,11-12H2,1-2H3,(H,15,16). The highest BCUT2D eigenvalue weighted by atomic mass is 16.5. The van der Waals surface area contributed by atoms with Crippen molar-refractivity contribution in [2.24, 2.45) is 0 Å². The average molecular weight is 251 g/mol. The number of ether oxygens (including phenoxy) is 1. The Balaban J connectivity index is 1.91. The zero-order valence-corrected chi connectivity index (χ0v) is 11.6. The van der Waals surface area contributed by atoms with Gasteiger partial charge in [0.25, 0.3) is 0 Å². The van der Waals surface area contributed by atoms with Gasteiger partial charge in [0.1, 0.15) is 5.82 Å². The number of imidazole rings is 1. The maximum atomic E-state index is 5.88. The van der Waals surface area contributed by atoms with Crippen LogP contribution in [0.2, 0.25) is 0 Å². The van der Waals surface area contributed by atoms with E-state index in [1.807, 2.05) is 13.3 Å². The smallest absolute Gasteiger partial charge is 0.120 e. The average Bonchev–Trinajstić information content (AvgIpc) is 2.74. The third-order valence-electron chi connectivity index (χ3n) is 3.98. The van der Waals surface area contributed by atoms with Crippen molar-refractivity contribution >= 4 is 0 Å². The lowest BCUT2D eigenvalue weighted by Gasteiger charge is -2.35. The van der Waals surface area contributed by atoms with Gasteiger partial charge < -0.3 is 9.72 Å². The quantitative estimate of drug-likeness (QED) is 0.818. The van der Waals surface area contributed by atoms with Crippen LogP contribution in [-0.2, 0) is 11.3 Å². The van der Waals surface area contributed by atoms with Crippen LogP contribution in [-0.4, -0.2) is 41.2 Å². The molecule has 2 rings (SSSR count). The van der Waals surface area contributed by atoms with Gasteiger partial charge in [-0.1, -0.05) is 25.7 Å². The van der Waals surface area contributed by atoms with Crippen LogP contribution in [0.3, 0.4) is 0 Å². The first-order chi connectivity index (χ1) is 8.74. The SMILES string of the molecule is COC1(CN(C)Cc2ncc[nH]2)CCCCCC1. The van der Waals surface area contributed by atoms with Gasteiger partial charge in [-0.2, -0.15) is 0 Å². The molecular weight excluding hydrogens is 226 g/mol. The number of rotatable bonds is 5. The molecule has 0 amide bonds. The Bertz CT molecular complexity index is 329. The number of likely N-dealkylation sites (N-methyl/N-ethyl adjacent to an activating group) is 1. The van der Waals surface area contributed by atoms with E-state index in [9.17, 15) is 0 Å². The molecule has 1 heterocycles. The Morgan fingerprint density at radius 1 is 1.33 bits per heavy atom. The van der Waals surface area contributed by atoms with E-state index < -0.39 is 0 Å². The lowest BCUT2D eigenvalue weighted by Crippen LogP contribution is -2.42. The summed E-state index contributed by atoms with van der Waals surface area (Å²) in [6.45, 7) is 1.85. The summed E-state index contributed by atoms with van der Waals surface area (Å²) < 4.78 is 5.88. The second kappa shape index (κ2) is 6.34. The first-order valence-corrected chi connectivity index (χ1v) is 6.96. The number of hydrogen-bond donors (Lipinski definition) is 1. The van der Waals surface area contributed by atoms with Crippen LogP contribution in [0.4, 0.5) is 0 Å². The van der Waals surface area contributed by atoms with Crippen molar-refractivity contribution in [3.05, 3.63) is 18.2 Å². The van der Waals surface area contributed by atoms with E-state index in [4.69, 9.17) is 4.74 Å². The fourth-order valence-corrected chi connectivity index (χ4v) is 2.99. The maximum absolute atomic E-state index is 5.88. The summed E-state index contributed by atoms with van der Waals surface area (Å²) in [5.41, 5.74) is 0.0534. The molecule has 0 spiro atoms. The molecule has 1 N–H and O–H groups in total. The summed E-state index contributed by atoms with van der Waals surface area (Å²) in [6.07, 6.45) is 11.4. The van der Waals surface area contributed by atoms with Gasteiger partial charge in [-0.3, -0.25) is 4.90 Å². The van der Waals surface area contributed by atoms with Crippen molar-refractivity contribution < 1.29 is 4.74 Å². The second-order valence-electron chi connectivity index (χ2n) is 5.51. The molecule has 0 saturated heterocycles. The van der Waals surface area contributed by atoms with Crippen LogP contribution in [0, 0.1) is 0 Å². The predicted molar refractivity (Wildman–Crippen MR) is 72.4 cm³/mol. The molecule has 1 aliphatic carbocycles. The number of hydrogen-bond acceptors (Lipinski definition) is 3. The molecule has 0 unspecified atom stereocenters. The molecule has 0 radical (unpaired) electrons. The van der Waals surface area contributed by atoms with E-state index in [0.29, 0.717) is 0 Å². The van der Waals surface area contributed by atoms with Gasteiger partial charge in [0, 0.05) is 26.0 Å². The van der Waals surface area contributed by atoms with Crippen LogP contribution in [0.1, 0.15) is 44.3 Å². The summed E-state index contributed by atoms with van der Waals surface area (Å²) in [5.74, 6) is 1.03. The van der Waals surface area contributed by atoms with Crippen LogP contribution in [0.25, 0.3) is 0 Å². The monoisotopic (exact) mass is 251 g/mol. The van der Waals surface area contributed by atoms with Crippen LogP contribution in [0.5, 0.6) is 0 Å². The first-order valence-electron chi connectivity index (χ1n) is 6.96. The topological polar surface area (TPSA) is 41.1 Å². The molecule has 1 aromatic rings. The van der Waals surface area contributed by atoms with Gasteiger partial charge in [0.15, 0.2) is 0 Å². The fourth-order valence-electron chi connectivity index (χ4n) is 2.99. The molecule has 1 fully saturated rings. The van der Waals surface area contributed by atoms with Gasteiger partial charge >= 0.3 is 0 Å². The molecule has 0 aliphatic heterocycles. The summed E-state index contributed by atoms with van der Waals surface area (Å²) in [5, 5.41) is 0. The van der Waals surface area contributed by atoms with E-state index in [1.54, 1.807) is 6.20 Å². The largest absolute Gasteiger partial charge is 0.377 e. The van der Waals surface area contributed by atoms with Crippen LogP contribution < -0.4 is 0 Å². The summed E-state index contributed by atoms with van der Waals surface area (Å²) in [6, 6.07) is 0. The molecule has 0 atom stereocenters. The van der Waals surface area contributed by atoms with E-state index >= 15 is 0 Å².